The van der Waals surface area contributed by atoms with Gasteiger partial charge in [0.2, 0.25) is 5.13 Å². The summed E-state index contributed by atoms with van der Waals surface area (Å²) in [5.74, 6) is 0.119. The van der Waals surface area contributed by atoms with Gasteiger partial charge in [-0.2, -0.15) is 4.37 Å². The molecule has 0 spiro atoms. The third kappa shape index (κ3) is 2.34. The van der Waals surface area contributed by atoms with Crippen molar-refractivity contribution in [3.05, 3.63) is 29.6 Å². The second-order valence-corrected chi connectivity index (χ2v) is 4.16. The van der Waals surface area contributed by atoms with E-state index >= 15 is 0 Å². The van der Waals surface area contributed by atoms with E-state index in [1.165, 1.54) is 11.5 Å². The number of hydrogen-bond donors (Lipinski definition) is 3. The number of carbonyl (C=O) groups is 1. The highest BCUT2D eigenvalue weighted by molar-refractivity contribution is 7.09. The monoisotopic (exact) mass is 249 g/mol. The van der Waals surface area contributed by atoms with Gasteiger partial charge >= 0.3 is 0 Å². The molecule has 0 unspecified atom stereocenters. The smallest absolute Gasteiger partial charge is 0.250 e. The molecule has 0 saturated heterocycles. The maximum absolute atomic E-state index is 11.3. The van der Waals surface area contributed by atoms with Gasteiger partial charge in [0, 0.05) is 11.5 Å². The Morgan fingerprint density at radius 3 is 2.82 bits per heavy atom. The normalized spacial score (nSPS) is 10.2. The lowest BCUT2D eigenvalue weighted by molar-refractivity contribution is 0.100. The van der Waals surface area contributed by atoms with Gasteiger partial charge in [0.05, 0.1) is 16.9 Å². The number of benzene rings is 1. The second-order valence-electron chi connectivity index (χ2n) is 3.41. The van der Waals surface area contributed by atoms with Crippen LogP contribution in [-0.4, -0.2) is 15.3 Å². The molecule has 17 heavy (non-hydrogen) atoms. The van der Waals surface area contributed by atoms with Gasteiger partial charge in [-0.1, -0.05) is 6.07 Å². The van der Waals surface area contributed by atoms with Crippen molar-refractivity contribution in [2.75, 3.05) is 11.1 Å². The summed E-state index contributed by atoms with van der Waals surface area (Å²) in [7, 11) is 0. The topological polar surface area (TPSA) is 107 Å². The maximum Gasteiger partial charge on any atom is 0.250 e. The summed E-state index contributed by atoms with van der Waals surface area (Å²) in [6.07, 6.45) is 0. The standard InChI is InChI=1S/C10H11N5OS/c1-5-13-10(17-15-5)14-8-6(9(12)16)3-2-4-7(8)11/h2-4H,11H2,1H3,(H2,12,16)(H,13,14,15). The van der Waals surface area contributed by atoms with E-state index in [0.29, 0.717) is 27.9 Å². The number of nitrogen functional groups attached to an aromatic ring is 1. The number of nitrogens with zero attached hydrogens (tertiary/aromatic N) is 2. The Bertz CT molecular complexity index is 566. The minimum absolute atomic E-state index is 0.331. The average molecular weight is 249 g/mol. The van der Waals surface area contributed by atoms with E-state index in [1.807, 2.05) is 0 Å². The highest BCUT2D eigenvalue weighted by atomic mass is 32.1. The molecule has 88 valence electrons. The molecule has 0 atom stereocenters. The first-order valence-corrected chi connectivity index (χ1v) is 5.61. The minimum atomic E-state index is -0.541. The zero-order valence-electron chi connectivity index (χ0n) is 9.10. The second kappa shape index (κ2) is 4.38. The number of nitrogens with two attached hydrogens (primary N) is 2. The highest BCUT2D eigenvalue weighted by Crippen LogP contribution is 2.27. The Morgan fingerprint density at radius 2 is 2.24 bits per heavy atom. The number of primary amides is 1. The average Bonchev–Trinajstić information content (AvgIpc) is 2.67. The van der Waals surface area contributed by atoms with Crippen LogP contribution < -0.4 is 16.8 Å². The van der Waals surface area contributed by atoms with Crippen LogP contribution in [0.15, 0.2) is 18.2 Å². The van der Waals surface area contributed by atoms with Crippen molar-refractivity contribution in [1.29, 1.82) is 0 Å². The molecule has 1 aromatic carbocycles. The first kappa shape index (κ1) is 11.3. The van der Waals surface area contributed by atoms with Gasteiger partial charge in [-0.15, -0.1) is 0 Å². The maximum atomic E-state index is 11.3. The van der Waals surface area contributed by atoms with E-state index < -0.39 is 5.91 Å². The van der Waals surface area contributed by atoms with Crippen molar-refractivity contribution in [3.63, 3.8) is 0 Å². The van der Waals surface area contributed by atoms with Crippen LogP contribution in [0.5, 0.6) is 0 Å². The van der Waals surface area contributed by atoms with Gasteiger partial charge < -0.3 is 16.8 Å². The lowest BCUT2D eigenvalue weighted by Gasteiger charge is -2.09. The van der Waals surface area contributed by atoms with Crippen LogP contribution in [0.4, 0.5) is 16.5 Å². The fourth-order valence-corrected chi connectivity index (χ4v) is 1.95. The van der Waals surface area contributed by atoms with Crippen LogP contribution in [0.3, 0.4) is 0 Å². The predicted octanol–water partition coefficient (Wildman–Crippen LogP) is 1.27. The van der Waals surface area contributed by atoms with Gasteiger partial charge in [0.1, 0.15) is 5.82 Å². The lowest BCUT2D eigenvalue weighted by Crippen LogP contribution is -2.14. The summed E-state index contributed by atoms with van der Waals surface area (Å²) in [5.41, 5.74) is 12.3. The number of rotatable bonds is 3. The van der Waals surface area contributed by atoms with E-state index in [9.17, 15) is 4.79 Å². The highest BCUT2D eigenvalue weighted by Gasteiger charge is 2.12. The molecule has 5 N–H and O–H groups in total. The summed E-state index contributed by atoms with van der Waals surface area (Å²) < 4.78 is 4.03. The van der Waals surface area contributed by atoms with Gasteiger partial charge in [0.25, 0.3) is 5.91 Å². The number of aromatic nitrogens is 2. The van der Waals surface area contributed by atoms with Crippen LogP contribution in [-0.2, 0) is 0 Å². The number of aryl methyl sites for hydroxylation is 1. The molecule has 0 bridgehead atoms. The first-order chi connectivity index (χ1) is 8.08. The quantitative estimate of drug-likeness (QED) is 0.710. The number of amides is 1. The van der Waals surface area contributed by atoms with Crippen LogP contribution in [0, 0.1) is 6.92 Å². The van der Waals surface area contributed by atoms with Crippen molar-refractivity contribution in [1.82, 2.24) is 9.36 Å². The number of nitrogens with one attached hydrogen (secondary N) is 1. The van der Waals surface area contributed by atoms with Crippen LogP contribution in [0.1, 0.15) is 16.2 Å². The van der Waals surface area contributed by atoms with Crippen molar-refractivity contribution in [2.24, 2.45) is 5.73 Å². The van der Waals surface area contributed by atoms with Crippen molar-refractivity contribution in [3.8, 4) is 0 Å². The molecule has 0 aliphatic rings. The Hall–Kier alpha value is -2.15. The molecule has 0 radical (unpaired) electrons. The summed E-state index contributed by atoms with van der Waals surface area (Å²) in [4.78, 5) is 15.4. The van der Waals surface area contributed by atoms with Crippen molar-refractivity contribution >= 4 is 33.9 Å². The van der Waals surface area contributed by atoms with Crippen LogP contribution >= 0.6 is 11.5 Å². The molecule has 1 aromatic heterocycles. The number of carbonyl (C=O) groups excluding carboxylic acids is 1. The van der Waals surface area contributed by atoms with Gasteiger partial charge in [-0.25, -0.2) is 4.98 Å². The molecule has 0 aliphatic heterocycles. The minimum Gasteiger partial charge on any atom is -0.397 e. The Balaban J connectivity index is 2.40. The Kier molecular flexibility index (Phi) is 2.92. The molecule has 0 aliphatic carbocycles. The SMILES string of the molecule is Cc1nsc(Nc2c(N)cccc2C(N)=O)n1. The molecular formula is C10H11N5OS. The fourth-order valence-electron chi connectivity index (χ4n) is 1.37. The summed E-state index contributed by atoms with van der Waals surface area (Å²) in [5, 5.41) is 3.53. The summed E-state index contributed by atoms with van der Waals surface area (Å²) in [6, 6.07) is 4.96. The predicted molar refractivity (Wildman–Crippen MR) is 67.3 cm³/mol. The number of para-hydroxylation sites is 1. The lowest BCUT2D eigenvalue weighted by atomic mass is 10.1. The number of anilines is 3. The van der Waals surface area contributed by atoms with Gasteiger partial charge in [0.15, 0.2) is 0 Å². The molecule has 2 rings (SSSR count). The largest absolute Gasteiger partial charge is 0.397 e. The zero-order chi connectivity index (χ0) is 12.4. The Morgan fingerprint density at radius 1 is 1.47 bits per heavy atom. The molecule has 6 nitrogen and oxygen atoms in total. The molecule has 1 amide bonds. The van der Waals surface area contributed by atoms with E-state index in [0.717, 1.165) is 0 Å². The van der Waals surface area contributed by atoms with E-state index in [-0.39, 0.29) is 0 Å². The van der Waals surface area contributed by atoms with Crippen molar-refractivity contribution < 1.29 is 4.79 Å². The zero-order valence-corrected chi connectivity index (χ0v) is 9.91. The first-order valence-electron chi connectivity index (χ1n) is 4.83. The van der Waals surface area contributed by atoms with E-state index in [2.05, 4.69) is 14.7 Å². The Labute approximate surface area is 102 Å². The molecule has 2 aromatic rings. The number of hydrogen-bond acceptors (Lipinski definition) is 6. The van der Waals surface area contributed by atoms with Crippen LogP contribution in [0.2, 0.25) is 0 Å². The molecule has 0 saturated carbocycles. The van der Waals surface area contributed by atoms with Crippen LogP contribution in [0.25, 0.3) is 0 Å². The third-order valence-corrected chi connectivity index (χ3v) is 2.84. The summed E-state index contributed by atoms with van der Waals surface area (Å²) in [6.45, 7) is 1.78. The van der Waals surface area contributed by atoms with E-state index in [4.69, 9.17) is 11.5 Å². The van der Waals surface area contributed by atoms with Crippen molar-refractivity contribution in [2.45, 2.75) is 6.92 Å². The molecular weight excluding hydrogens is 238 g/mol. The molecule has 7 heteroatoms. The van der Waals surface area contributed by atoms with Gasteiger partial charge in [-0.05, 0) is 19.1 Å². The molecule has 1 heterocycles. The fraction of sp³-hybridized carbons (Fsp3) is 0.100. The summed E-state index contributed by atoms with van der Waals surface area (Å²) >= 11 is 1.19. The van der Waals surface area contributed by atoms with E-state index in [1.54, 1.807) is 25.1 Å². The van der Waals surface area contributed by atoms with Gasteiger partial charge in [-0.3, -0.25) is 4.79 Å². The molecule has 0 fully saturated rings. The third-order valence-electron chi connectivity index (χ3n) is 2.12.